The maximum absolute atomic E-state index is 6.23. The third kappa shape index (κ3) is 4.90. The second kappa shape index (κ2) is 9.50. The minimum atomic E-state index is -0.334. The second-order valence-corrected chi connectivity index (χ2v) is 8.08. The highest BCUT2D eigenvalue weighted by Crippen LogP contribution is 2.32. The molecule has 0 fully saturated rings. The Kier molecular flexibility index (Phi) is 7.05. The highest BCUT2D eigenvalue weighted by atomic mass is 35.5. The molecule has 28 heavy (non-hydrogen) atoms. The molecule has 0 aliphatic heterocycles. The van der Waals surface area contributed by atoms with E-state index in [1.807, 2.05) is 23.6 Å². The first-order valence-corrected chi connectivity index (χ1v) is 10.6. The van der Waals surface area contributed by atoms with Crippen LogP contribution in [0.25, 0.3) is 0 Å². The average molecular weight is 434 g/mol. The summed E-state index contributed by atoms with van der Waals surface area (Å²) in [6.45, 7) is 8.49. The lowest BCUT2D eigenvalue weighted by molar-refractivity contribution is 0.210. The number of benzene rings is 2. The summed E-state index contributed by atoms with van der Waals surface area (Å²) in [6.07, 6.45) is 1.49. The first kappa shape index (κ1) is 20.8. The second-order valence-electron chi connectivity index (χ2n) is 6.29. The normalized spacial score (nSPS) is 12.0. The minimum absolute atomic E-state index is 0.334. The molecule has 2 aromatic carbocycles. The summed E-state index contributed by atoms with van der Waals surface area (Å²) in [5, 5.41) is 10.6. The van der Waals surface area contributed by atoms with Gasteiger partial charge in [-0.15, -0.1) is 16.8 Å². The topological polar surface area (TPSA) is 39.9 Å². The molecule has 0 saturated heterocycles. The van der Waals surface area contributed by atoms with Gasteiger partial charge in [0.2, 0.25) is 0 Å². The Morgan fingerprint density at radius 1 is 1.21 bits per heavy atom. The average Bonchev–Trinajstić information content (AvgIpc) is 3.06. The number of hydrogen-bond donors (Lipinski definition) is 0. The Morgan fingerprint density at radius 3 is 2.71 bits per heavy atom. The van der Waals surface area contributed by atoms with E-state index >= 15 is 0 Å². The Hall–Kier alpha value is -1.95. The molecule has 1 atom stereocenters. The molecule has 3 rings (SSSR count). The number of rotatable bonds is 8. The molecule has 0 bridgehead atoms. The zero-order chi connectivity index (χ0) is 20.1. The summed E-state index contributed by atoms with van der Waals surface area (Å²) >= 11 is 13.8. The van der Waals surface area contributed by atoms with Crippen LogP contribution in [0.1, 0.15) is 30.0 Å². The highest BCUT2D eigenvalue weighted by molar-refractivity contribution is 7.98. The van der Waals surface area contributed by atoms with Crippen molar-refractivity contribution in [1.82, 2.24) is 14.8 Å². The third-order valence-electron chi connectivity index (χ3n) is 4.24. The third-order valence-corrected chi connectivity index (χ3v) is 5.78. The fraction of sp³-hybridized carbons (Fsp3) is 0.238. The van der Waals surface area contributed by atoms with Crippen molar-refractivity contribution < 1.29 is 4.74 Å². The first-order chi connectivity index (χ1) is 13.5. The Balaban J connectivity index is 1.79. The summed E-state index contributed by atoms with van der Waals surface area (Å²) in [4.78, 5) is 0. The Bertz CT molecular complexity index is 974. The number of hydrogen-bond acceptors (Lipinski definition) is 4. The van der Waals surface area contributed by atoms with Crippen LogP contribution in [0.5, 0.6) is 5.75 Å². The standard InChI is InChI=1S/C21H21Cl2N3OS/c1-4-11-26-20(15(3)27-19-10-9-17(22)12-18(19)23)24-25-21(26)28-13-16-8-6-5-7-14(16)2/h4-10,12,15H,1,11,13H2,2-3H3. The number of halogens is 2. The van der Waals surface area contributed by atoms with Gasteiger partial charge in [-0.1, -0.05) is 65.3 Å². The van der Waals surface area contributed by atoms with Gasteiger partial charge >= 0.3 is 0 Å². The molecule has 7 heteroatoms. The molecule has 0 spiro atoms. The Labute approximate surface area is 179 Å². The van der Waals surface area contributed by atoms with Gasteiger partial charge in [-0.3, -0.25) is 4.57 Å². The van der Waals surface area contributed by atoms with Crippen LogP contribution in [0.15, 0.2) is 60.3 Å². The molecule has 0 radical (unpaired) electrons. The molecule has 1 heterocycles. The van der Waals surface area contributed by atoms with Crippen molar-refractivity contribution in [2.24, 2.45) is 0 Å². The van der Waals surface area contributed by atoms with E-state index in [0.29, 0.717) is 22.3 Å². The quantitative estimate of drug-likeness (QED) is 0.299. The number of thioether (sulfide) groups is 1. The van der Waals surface area contributed by atoms with E-state index in [1.165, 1.54) is 11.1 Å². The van der Waals surface area contributed by atoms with Crippen molar-refractivity contribution in [2.45, 2.75) is 37.4 Å². The predicted molar refractivity (Wildman–Crippen MR) is 116 cm³/mol. The van der Waals surface area contributed by atoms with Crippen LogP contribution in [0.4, 0.5) is 0 Å². The summed E-state index contributed by atoms with van der Waals surface area (Å²) in [6, 6.07) is 13.5. The molecule has 0 amide bonds. The van der Waals surface area contributed by atoms with Gasteiger partial charge in [-0.25, -0.2) is 0 Å². The number of nitrogens with zero attached hydrogens (tertiary/aromatic N) is 3. The molecule has 146 valence electrons. The van der Waals surface area contributed by atoms with Gasteiger partial charge in [-0.2, -0.15) is 0 Å². The SMILES string of the molecule is C=CCn1c(SCc2ccccc2C)nnc1C(C)Oc1ccc(Cl)cc1Cl. The van der Waals surface area contributed by atoms with E-state index in [4.69, 9.17) is 27.9 Å². The Morgan fingerprint density at radius 2 is 2.00 bits per heavy atom. The lowest BCUT2D eigenvalue weighted by atomic mass is 10.1. The minimum Gasteiger partial charge on any atom is -0.481 e. The number of ether oxygens (including phenoxy) is 1. The van der Waals surface area contributed by atoms with Gasteiger partial charge in [0.05, 0.1) is 5.02 Å². The predicted octanol–water partition coefficient (Wildman–Crippen LogP) is 6.51. The summed E-state index contributed by atoms with van der Waals surface area (Å²) < 4.78 is 8.03. The first-order valence-electron chi connectivity index (χ1n) is 8.82. The van der Waals surface area contributed by atoms with Gasteiger partial charge in [0, 0.05) is 17.3 Å². The molecule has 1 aromatic heterocycles. The number of allylic oxidation sites excluding steroid dienone is 1. The summed E-state index contributed by atoms with van der Waals surface area (Å²) in [5.74, 6) is 2.10. The molecular formula is C21H21Cl2N3OS. The van der Waals surface area contributed by atoms with E-state index in [0.717, 1.165) is 16.7 Å². The molecule has 4 nitrogen and oxygen atoms in total. The van der Waals surface area contributed by atoms with Gasteiger partial charge in [0.1, 0.15) is 5.75 Å². The van der Waals surface area contributed by atoms with Crippen molar-refractivity contribution in [1.29, 1.82) is 0 Å². The van der Waals surface area contributed by atoms with Crippen LogP contribution in [0.3, 0.4) is 0 Å². The van der Waals surface area contributed by atoms with Gasteiger partial charge in [0.25, 0.3) is 0 Å². The summed E-state index contributed by atoms with van der Waals surface area (Å²) in [5.41, 5.74) is 2.54. The van der Waals surface area contributed by atoms with Crippen molar-refractivity contribution >= 4 is 35.0 Å². The van der Waals surface area contributed by atoms with E-state index in [2.05, 4.69) is 41.9 Å². The lowest BCUT2D eigenvalue weighted by Crippen LogP contribution is -2.12. The monoisotopic (exact) mass is 433 g/mol. The van der Waals surface area contributed by atoms with Crippen LogP contribution in [-0.2, 0) is 12.3 Å². The molecule has 1 unspecified atom stereocenters. The van der Waals surface area contributed by atoms with Crippen LogP contribution < -0.4 is 4.74 Å². The zero-order valence-electron chi connectivity index (χ0n) is 15.7. The molecule has 3 aromatic rings. The molecule has 0 aliphatic rings. The number of aryl methyl sites for hydroxylation is 1. The van der Waals surface area contributed by atoms with Crippen molar-refractivity contribution in [3.05, 3.63) is 82.1 Å². The van der Waals surface area contributed by atoms with Crippen molar-refractivity contribution in [3.8, 4) is 5.75 Å². The van der Waals surface area contributed by atoms with Gasteiger partial charge < -0.3 is 4.74 Å². The van der Waals surface area contributed by atoms with E-state index in [-0.39, 0.29) is 6.10 Å². The van der Waals surface area contributed by atoms with Gasteiger partial charge in [0.15, 0.2) is 17.1 Å². The number of aromatic nitrogens is 3. The van der Waals surface area contributed by atoms with E-state index in [1.54, 1.807) is 30.0 Å². The smallest absolute Gasteiger partial charge is 0.191 e. The zero-order valence-corrected chi connectivity index (χ0v) is 18.1. The fourth-order valence-corrected chi connectivity index (χ4v) is 4.22. The molecular weight excluding hydrogens is 413 g/mol. The fourth-order valence-electron chi connectivity index (χ4n) is 2.74. The maximum atomic E-state index is 6.23. The van der Waals surface area contributed by atoms with Crippen molar-refractivity contribution in [2.75, 3.05) is 0 Å². The largest absolute Gasteiger partial charge is 0.481 e. The maximum Gasteiger partial charge on any atom is 0.191 e. The van der Waals surface area contributed by atoms with Gasteiger partial charge in [-0.05, 0) is 43.2 Å². The van der Waals surface area contributed by atoms with Crippen LogP contribution in [-0.4, -0.2) is 14.8 Å². The van der Waals surface area contributed by atoms with Crippen LogP contribution in [0, 0.1) is 6.92 Å². The lowest BCUT2D eigenvalue weighted by Gasteiger charge is -2.16. The van der Waals surface area contributed by atoms with Crippen molar-refractivity contribution in [3.63, 3.8) is 0 Å². The van der Waals surface area contributed by atoms with E-state index in [9.17, 15) is 0 Å². The highest BCUT2D eigenvalue weighted by Gasteiger charge is 2.20. The summed E-state index contributed by atoms with van der Waals surface area (Å²) in [7, 11) is 0. The molecule has 0 N–H and O–H groups in total. The molecule has 0 saturated carbocycles. The van der Waals surface area contributed by atoms with Crippen LogP contribution in [0.2, 0.25) is 10.0 Å². The van der Waals surface area contributed by atoms with E-state index < -0.39 is 0 Å². The molecule has 0 aliphatic carbocycles. The van der Waals surface area contributed by atoms with Crippen LogP contribution >= 0.6 is 35.0 Å².